The zero-order chi connectivity index (χ0) is 11.2. The van der Waals surface area contributed by atoms with Crippen molar-refractivity contribution in [3.8, 4) is 0 Å². The Kier molecular flexibility index (Phi) is 2.04. The highest BCUT2D eigenvalue weighted by Crippen LogP contribution is 2.44. The summed E-state index contributed by atoms with van der Waals surface area (Å²) in [5.74, 6) is 0.217. The Morgan fingerprint density at radius 3 is 2.88 bits per heavy atom. The van der Waals surface area contributed by atoms with Crippen LogP contribution in [0.3, 0.4) is 0 Å². The number of fused-ring (bicyclic) bond motifs is 1. The molecule has 0 saturated carbocycles. The van der Waals surface area contributed by atoms with E-state index in [4.69, 9.17) is 4.74 Å². The molecule has 84 valence electrons. The lowest BCUT2D eigenvalue weighted by Gasteiger charge is -2.29. The van der Waals surface area contributed by atoms with E-state index in [0.717, 1.165) is 6.42 Å². The number of rotatable bonds is 1. The molecule has 2 heterocycles. The summed E-state index contributed by atoms with van der Waals surface area (Å²) in [6.07, 6.45) is 1.43. The van der Waals surface area contributed by atoms with Crippen LogP contribution in [0, 0.1) is 0 Å². The lowest BCUT2D eigenvalue weighted by Crippen LogP contribution is -2.39. The Bertz CT molecular complexity index is 417. The standard InChI is InChI=1S/C13H15NO2/c1-13-8-7-12(15)14(13)11(9-16-13)10-5-3-2-4-6-10/h2-6,11H,7-9H2,1H3/t11-,13-/m0/s1. The van der Waals surface area contributed by atoms with Crippen molar-refractivity contribution in [1.29, 1.82) is 0 Å². The second-order valence-corrected chi connectivity index (χ2v) is 4.68. The van der Waals surface area contributed by atoms with Gasteiger partial charge in [-0.05, 0) is 12.5 Å². The highest BCUT2D eigenvalue weighted by atomic mass is 16.5. The summed E-state index contributed by atoms with van der Waals surface area (Å²) in [7, 11) is 0. The number of hydrogen-bond acceptors (Lipinski definition) is 2. The second-order valence-electron chi connectivity index (χ2n) is 4.68. The fourth-order valence-electron chi connectivity index (χ4n) is 2.74. The molecule has 2 saturated heterocycles. The minimum absolute atomic E-state index is 0.0983. The number of carbonyl (C=O) groups is 1. The molecule has 0 spiro atoms. The van der Waals surface area contributed by atoms with Gasteiger partial charge in [0.15, 0.2) is 0 Å². The summed E-state index contributed by atoms with van der Waals surface area (Å²) < 4.78 is 5.81. The maximum Gasteiger partial charge on any atom is 0.225 e. The molecular formula is C13H15NO2. The molecule has 0 aromatic heterocycles. The average molecular weight is 217 g/mol. The van der Waals surface area contributed by atoms with Crippen molar-refractivity contribution < 1.29 is 9.53 Å². The molecule has 1 aromatic rings. The van der Waals surface area contributed by atoms with E-state index in [9.17, 15) is 4.79 Å². The van der Waals surface area contributed by atoms with Crippen molar-refractivity contribution in [3.63, 3.8) is 0 Å². The number of amides is 1. The molecule has 2 atom stereocenters. The van der Waals surface area contributed by atoms with Crippen LogP contribution in [0.2, 0.25) is 0 Å². The molecular weight excluding hydrogens is 202 g/mol. The van der Waals surface area contributed by atoms with Crippen molar-refractivity contribution in [2.24, 2.45) is 0 Å². The maximum atomic E-state index is 11.9. The maximum absolute atomic E-state index is 11.9. The van der Waals surface area contributed by atoms with Gasteiger partial charge in [-0.1, -0.05) is 30.3 Å². The molecule has 1 amide bonds. The van der Waals surface area contributed by atoms with Gasteiger partial charge in [0, 0.05) is 12.8 Å². The van der Waals surface area contributed by atoms with Crippen molar-refractivity contribution in [2.75, 3.05) is 6.61 Å². The molecule has 0 radical (unpaired) electrons. The Balaban J connectivity index is 1.97. The number of hydrogen-bond donors (Lipinski definition) is 0. The van der Waals surface area contributed by atoms with Gasteiger partial charge in [-0.2, -0.15) is 0 Å². The minimum atomic E-state index is -0.364. The first-order valence-electron chi connectivity index (χ1n) is 5.72. The second kappa shape index (κ2) is 3.32. The molecule has 2 aliphatic heterocycles. The van der Waals surface area contributed by atoms with Crippen LogP contribution in [-0.2, 0) is 9.53 Å². The molecule has 16 heavy (non-hydrogen) atoms. The molecule has 0 bridgehead atoms. The van der Waals surface area contributed by atoms with Crippen LogP contribution in [0.4, 0.5) is 0 Å². The summed E-state index contributed by atoms with van der Waals surface area (Å²) >= 11 is 0. The van der Waals surface area contributed by atoms with Crippen molar-refractivity contribution in [2.45, 2.75) is 31.5 Å². The van der Waals surface area contributed by atoms with Gasteiger partial charge in [0.05, 0.1) is 12.6 Å². The average Bonchev–Trinajstić information content (AvgIpc) is 2.78. The van der Waals surface area contributed by atoms with E-state index >= 15 is 0 Å². The molecule has 2 fully saturated rings. The van der Waals surface area contributed by atoms with Gasteiger partial charge in [-0.15, -0.1) is 0 Å². The Labute approximate surface area is 95.0 Å². The van der Waals surface area contributed by atoms with Gasteiger partial charge in [0.1, 0.15) is 5.72 Å². The topological polar surface area (TPSA) is 29.5 Å². The SMILES string of the molecule is C[C@]12CCC(=O)N1[C@H](c1ccccc1)CO2. The van der Waals surface area contributed by atoms with Gasteiger partial charge in [-0.25, -0.2) is 0 Å². The largest absolute Gasteiger partial charge is 0.353 e. The molecule has 0 unspecified atom stereocenters. The monoisotopic (exact) mass is 217 g/mol. The van der Waals surface area contributed by atoms with Gasteiger partial charge in [-0.3, -0.25) is 4.79 Å². The summed E-state index contributed by atoms with van der Waals surface area (Å²) in [5, 5.41) is 0. The van der Waals surface area contributed by atoms with Crippen LogP contribution in [0.25, 0.3) is 0 Å². The zero-order valence-electron chi connectivity index (χ0n) is 9.35. The van der Waals surface area contributed by atoms with E-state index in [1.165, 1.54) is 5.56 Å². The van der Waals surface area contributed by atoms with Crippen molar-refractivity contribution >= 4 is 5.91 Å². The van der Waals surface area contributed by atoms with E-state index in [1.54, 1.807) is 0 Å². The number of benzene rings is 1. The van der Waals surface area contributed by atoms with E-state index < -0.39 is 0 Å². The normalized spacial score (nSPS) is 33.2. The number of ether oxygens (including phenoxy) is 1. The molecule has 2 aliphatic rings. The highest BCUT2D eigenvalue weighted by Gasteiger charge is 2.51. The summed E-state index contributed by atoms with van der Waals surface area (Å²) in [4.78, 5) is 13.8. The zero-order valence-corrected chi connectivity index (χ0v) is 9.35. The van der Waals surface area contributed by atoms with Crippen LogP contribution in [-0.4, -0.2) is 23.1 Å². The molecule has 0 N–H and O–H groups in total. The predicted molar refractivity (Wildman–Crippen MR) is 59.6 cm³/mol. The van der Waals surface area contributed by atoms with Gasteiger partial charge in [0.25, 0.3) is 0 Å². The summed E-state index contributed by atoms with van der Waals surface area (Å²) in [5.41, 5.74) is 0.805. The van der Waals surface area contributed by atoms with E-state index in [2.05, 4.69) is 12.1 Å². The molecule has 0 aliphatic carbocycles. The Hall–Kier alpha value is -1.35. The lowest BCUT2D eigenvalue weighted by molar-refractivity contribution is -0.136. The number of carbonyl (C=O) groups excluding carboxylic acids is 1. The first kappa shape index (κ1) is 9.85. The van der Waals surface area contributed by atoms with Gasteiger partial charge < -0.3 is 9.64 Å². The fourth-order valence-corrected chi connectivity index (χ4v) is 2.74. The lowest BCUT2D eigenvalue weighted by atomic mass is 10.1. The third kappa shape index (κ3) is 1.28. The Morgan fingerprint density at radius 1 is 1.38 bits per heavy atom. The number of nitrogens with zero attached hydrogens (tertiary/aromatic N) is 1. The van der Waals surface area contributed by atoms with Gasteiger partial charge in [0.2, 0.25) is 5.91 Å². The fraction of sp³-hybridized carbons (Fsp3) is 0.462. The third-order valence-corrected chi connectivity index (χ3v) is 3.63. The van der Waals surface area contributed by atoms with Crippen LogP contribution >= 0.6 is 0 Å². The highest BCUT2D eigenvalue weighted by molar-refractivity contribution is 5.80. The van der Waals surface area contributed by atoms with Crippen molar-refractivity contribution in [1.82, 2.24) is 4.90 Å². The first-order chi connectivity index (χ1) is 7.71. The van der Waals surface area contributed by atoms with Crippen LogP contribution in [0.1, 0.15) is 31.4 Å². The first-order valence-corrected chi connectivity index (χ1v) is 5.72. The van der Waals surface area contributed by atoms with Crippen LogP contribution < -0.4 is 0 Å². The summed E-state index contributed by atoms with van der Waals surface area (Å²) in [6.45, 7) is 2.63. The summed E-state index contributed by atoms with van der Waals surface area (Å²) in [6, 6.07) is 10.2. The van der Waals surface area contributed by atoms with Crippen LogP contribution in [0.15, 0.2) is 30.3 Å². The molecule has 3 rings (SSSR count). The molecule has 3 heteroatoms. The van der Waals surface area contributed by atoms with Gasteiger partial charge >= 0.3 is 0 Å². The molecule has 3 nitrogen and oxygen atoms in total. The van der Waals surface area contributed by atoms with Crippen molar-refractivity contribution in [3.05, 3.63) is 35.9 Å². The van der Waals surface area contributed by atoms with E-state index in [0.29, 0.717) is 13.0 Å². The smallest absolute Gasteiger partial charge is 0.225 e. The minimum Gasteiger partial charge on any atom is -0.353 e. The molecule has 1 aromatic carbocycles. The van der Waals surface area contributed by atoms with E-state index in [-0.39, 0.29) is 17.7 Å². The Morgan fingerprint density at radius 2 is 2.12 bits per heavy atom. The predicted octanol–water partition coefficient (Wildman–Crippen LogP) is 2.10. The van der Waals surface area contributed by atoms with Crippen LogP contribution in [0.5, 0.6) is 0 Å². The quantitative estimate of drug-likeness (QED) is 0.721. The van der Waals surface area contributed by atoms with E-state index in [1.807, 2.05) is 30.0 Å². The third-order valence-electron chi connectivity index (χ3n) is 3.63.